The quantitative estimate of drug-likeness (QED) is 0.868. The lowest BCUT2D eigenvalue weighted by molar-refractivity contribution is 0.0654. The van der Waals surface area contributed by atoms with Crippen molar-refractivity contribution in [2.45, 2.75) is 6.42 Å². The van der Waals surface area contributed by atoms with Crippen molar-refractivity contribution >= 4 is 29.1 Å². The number of hydrogen-bond donors (Lipinski definition) is 1. The molecular formula is C14H10N2O4S. The average molecular weight is 302 g/mol. The van der Waals surface area contributed by atoms with Crippen molar-refractivity contribution in [1.82, 2.24) is 9.88 Å². The number of amides is 2. The van der Waals surface area contributed by atoms with Crippen molar-refractivity contribution in [2.75, 3.05) is 6.54 Å². The van der Waals surface area contributed by atoms with Crippen molar-refractivity contribution < 1.29 is 19.5 Å². The van der Waals surface area contributed by atoms with Crippen LogP contribution in [0.3, 0.4) is 0 Å². The van der Waals surface area contributed by atoms with Crippen molar-refractivity contribution in [3.05, 3.63) is 51.5 Å². The Hall–Kier alpha value is -2.54. The van der Waals surface area contributed by atoms with Crippen LogP contribution in [-0.4, -0.2) is 39.3 Å². The molecule has 1 aliphatic heterocycles. The van der Waals surface area contributed by atoms with Crippen LogP contribution in [0.1, 0.15) is 36.8 Å². The van der Waals surface area contributed by atoms with Crippen LogP contribution < -0.4 is 0 Å². The van der Waals surface area contributed by atoms with E-state index < -0.39 is 11.9 Å². The van der Waals surface area contributed by atoms with E-state index in [2.05, 4.69) is 4.98 Å². The molecule has 106 valence electrons. The molecule has 0 spiro atoms. The van der Waals surface area contributed by atoms with Gasteiger partial charge in [0.15, 0.2) is 0 Å². The summed E-state index contributed by atoms with van der Waals surface area (Å²) in [6.07, 6.45) is 0.487. The molecule has 2 aromatic rings. The van der Waals surface area contributed by atoms with Crippen LogP contribution in [0.2, 0.25) is 0 Å². The molecule has 0 fully saturated rings. The van der Waals surface area contributed by atoms with Gasteiger partial charge in [0.1, 0.15) is 0 Å². The van der Waals surface area contributed by atoms with Crippen LogP contribution in [-0.2, 0) is 6.42 Å². The number of thiazole rings is 1. The van der Waals surface area contributed by atoms with E-state index in [4.69, 9.17) is 5.11 Å². The molecule has 0 radical (unpaired) electrons. The van der Waals surface area contributed by atoms with Crippen molar-refractivity contribution in [1.29, 1.82) is 0 Å². The zero-order valence-corrected chi connectivity index (χ0v) is 11.6. The van der Waals surface area contributed by atoms with Gasteiger partial charge in [-0.05, 0) is 18.2 Å². The first-order valence-corrected chi connectivity index (χ1v) is 7.13. The lowest BCUT2D eigenvalue weighted by atomic mass is 10.1. The first-order chi connectivity index (χ1) is 10.1. The number of nitrogens with zero attached hydrogens (tertiary/aromatic N) is 2. The molecule has 3 rings (SSSR count). The van der Waals surface area contributed by atoms with Crippen LogP contribution in [0.25, 0.3) is 0 Å². The van der Waals surface area contributed by atoms with Gasteiger partial charge < -0.3 is 5.11 Å². The molecule has 0 atom stereocenters. The number of carbonyl (C=O) groups excluding carboxylic acids is 2. The zero-order valence-electron chi connectivity index (χ0n) is 10.8. The Morgan fingerprint density at radius 1 is 1.24 bits per heavy atom. The molecule has 7 heteroatoms. The van der Waals surface area contributed by atoms with Gasteiger partial charge in [-0.15, -0.1) is 11.3 Å². The van der Waals surface area contributed by atoms with E-state index in [1.54, 1.807) is 5.51 Å². The molecule has 21 heavy (non-hydrogen) atoms. The number of aromatic nitrogens is 1. The van der Waals surface area contributed by atoms with Crippen molar-refractivity contribution in [3.8, 4) is 0 Å². The standard InChI is InChI=1S/C14H10N2O4S/c17-12-10-2-1-8(14(19)20)5-11(10)13(18)16(12)4-3-9-6-21-7-15-9/h1-2,5-7H,3-4H2,(H,19,20). The minimum Gasteiger partial charge on any atom is -0.478 e. The Kier molecular flexibility index (Phi) is 3.26. The van der Waals surface area contributed by atoms with E-state index in [1.807, 2.05) is 5.38 Å². The highest BCUT2D eigenvalue weighted by Gasteiger charge is 2.35. The lowest BCUT2D eigenvalue weighted by Gasteiger charge is -2.12. The van der Waals surface area contributed by atoms with Gasteiger partial charge in [0, 0.05) is 18.3 Å². The first kappa shape index (κ1) is 13.4. The molecule has 1 aromatic carbocycles. The second-order valence-corrected chi connectivity index (χ2v) is 5.28. The molecule has 1 aliphatic rings. The molecule has 6 nitrogen and oxygen atoms in total. The lowest BCUT2D eigenvalue weighted by Crippen LogP contribution is -2.31. The van der Waals surface area contributed by atoms with Gasteiger partial charge in [0.2, 0.25) is 0 Å². The molecule has 0 bridgehead atoms. The predicted octanol–water partition coefficient (Wildman–Crippen LogP) is 1.68. The highest BCUT2D eigenvalue weighted by molar-refractivity contribution is 7.07. The van der Waals surface area contributed by atoms with E-state index in [0.717, 1.165) is 10.6 Å². The van der Waals surface area contributed by atoms with Crippen LogP contribution in [0.4, 0.5) is 0 Å². The third kappa shape index (κ3) is 2.31. The second kappa shape index (κ2) is 5.10. The molecular weight excluding hydrogens is 292 g/mol. The number of hydrogen-bond acceptors (Lipinski definition) is 5. The molecule has 1 N–H and O–H groups in total. The Labute approximate surface area is 123 Å². The maximum atomic E-state index is 12.2. The van der Waals surface area contributed by atoms with E-state index >= 15 is 0 Å². The minimum absolute atomic E-state index is 0.00347. The summed E-state index contributed by atoms with van der Waals surface area (Å²) in [7, 11) is 0. The van der Waals surface area contributed by atoms with Crippen LogP contribution in [0.5, 0.6) is 0 Å². The summed E-state index contributed by atoms with van der Waals surface area (Å²) >= 11 is 1.45. The number of carbonyl (C=O) groups is 3. The number of aromatic carboxylic acids is 1. The fraction of sp³-hybridized carbons (Fsp3) is 0.143. The summed E-state index contributed by atoms with van der Waals surface area (Å²) in [5.74, 6) is -1.96. The maximum Gasteiger partial charge on any atom is 0.335 e. The van der Waals surface area contributed by atoms with E-state index in [1.165, 1.54) is 29.5 Å². The predicted molar refractivity (Wildman–Crippen MR) is 74.6 cm³/mol. The third-order valence-electron chi connectivity index (χ3n) is 3.29. The molecule has 0 saturated heterocycles. The summed E-state index contributed by atoms with van der Waals surface area (Å²) < 4.78 is 0. The summed E-state index contributed by atoms with van der Waals surface area (Å²) in [4.78, 5) is 40.6. The SMILES string of the molecule is O=C(O)c1ccc2c(c1)C(=O)N(CCc1cscn1)C2=O. The zero-order chi connectivity index (χ0) is 15.0. The summed E-state index contributed by atoms with van der Waals surface area (Å²) in [6.45, 7) is 0.235. The molecule has 0 aliphatic carbocycles. The first-order valence-electron chi connectivity index (χ1n) is 6.18. The van der Waals surface area contributed by atoms with Crippen LogP contribution in [0.15, 0.2) is 29.1 Å². The van der Waals surface area contributed by atoms with Gasteiger partial charge in [-0.2, -0.15) is 0 Å². The third-order valence-corrected chi connectivity index (χ3v) is 3.93. The molecule has 2 amide bonds. The van der Waals surface area contributed by atoms with E-state index in [-0.39, 0.29) is 29.1 Å². The fourth-order valence-electron chi connectivity index (χ4n) is 2.21. The topological polar surface area (TPSA) is 87.6 Å². The number of carboxylic acid groups (broad SMARTS) is 1. The van der Waals surface area contributed by atoms with Crippen LogP contribution >= 0.6 is 11.3 Å². The maximum absolute atomic E-state index is 12.2. The Morgan fingerprint density at radius 2 is 2.00 bits per heavy atom. The highest BCUT2D eigenvalue weighted by Crippen LogP contribution is 2.24. The van der Waals surface area contributed by atoms with Gasteiger partial charge >= 0.3 is 5.97 Å². The Morgan fingerprint density at radius 3 is 2.67 bits per heavy atom. The van der Waals surface area contributed by atoms with Gasteiger partial charge in [0.05, 0.1) is 27.9 Å². The smallest absolute Gasteiger partial charge is 0.335 e. The fourth-order valence-corrected chi connectivity index (χ4v) is 2.81. The Balaban J connectivity index is 1.84. The van der Waals surface area contributed by atoms with Gasteiger partial charge in [-0.3, -0.25) is 14.5 Å². The number of benzene rings is 1. The van der Waals surface area contributed by atoms with E-state index in [0.29, 0.717) is 6.42 Å². The number of rotatable bonds is 4. The molecule has 2 heterocycles. The number of imide groups is 1. The highest BCUT2D eigenvalue weighted by atomic mass is 32.1. The summed E-state index contributed by atoms with van der Waals surface area (Å²) in [5.41, 5.74) is 2.91. The van der Waals surface area contributed by atoms with Gasteiger partial charge in [-0.1, -0.05) is 0 Å². The van der Waals surface area contributed by atoms with Crippen LogP contribution in [0, 0.1) is 0 Å². The summed E-state index contributed by atoms with van der Waals surface area (Å²) in [6, 6.07) is 3.97. The second-order valence-electron chi connectivity index (χ2n) is 4.56. The van der Waals surface area contributed by atoms with Gasteiger partial charge in [-0.25, -0.2) is 9.78 Å². The largest absolute Gasteiger partial charge is 0.478 e. The van der Waals surface area contributed by atoms with Gasteiger partial charge in [0.25, 0.3) is 11.8 Å². The minimum atomic E-state index is -1.13. The average Bonchev–Trinajstić information content (AvgIpc) is 3.06. The number of carboxylic acids is 1. The molecule has 0 unspecified atom stereocenters. The normalized spacial score (nSPS) is 13.6. The molecule has 0 saturated carbocycles. The molecule has 1 aromatic heterocycles. The Bertz CT molecular complexity index is 739. The van der Waals surface area contributed by atoms with Crippen molar-refractivity contribution in [3.63, 3.8) is 0 Å². The number of fused-ring (bicyclic) bond motifs is 1. The monoisotopic (exact) mass is 302 g/mol. The summed E-state index contributed by atoms with van der Waals surface area (Å²) in [5, 5.41) is 10.8. The van der Waals surface area contributed by atoms with E-state index in [9.17, 15) is 14.4 Å². The van der Waals surface area contributed by atoms with Crippen molar-refractivity contribution in [2.24, 2.45) is 0 Å².